The van der Waals surface area contributed by atoms with Gasteiger partial charge in [-0.25, -0.2) is 0 Å². The largest absolute Gasteiger partial charge is 0.497 e. The standard InChI is InChI=1S/C21H34N4OS.HI/c1-22-21(24-17-9-10-19(14-17)27-3)23-15-20(25-11-4-5-12-25)16-7-6-8-18(13-16)26-2;/h6-8,13,17,19-20H,4-5,9-12,14-15H2,1-3H3,(H2,22,23,24);1H. The van der Waals surface area contributed by atoms with Crippen LogP contribution in [0.4, 0.5) is 0 Å². The van der Waals surface area contributed by atoms with Gasteiger partial charge in [-0.15, -0.1) is 24.0 Å². The molecule has 1 aliphatic heterocycles. The Kier molecular flexibility index (Phi) is 10.2. The van der Waals surface area contributed by atoms with Gasteiger partial charge in [-0.3, -0.25) is 9.89 Å². The van der Waals surface area contributed by atoms with Gasteiger partial charge in [0.1, 0.15) is 5.75 Å². The SMILES string of the molecule is CN=C(NCC(c1cccc(OC)c1)N1CCCC1)NC1CCC(SC)C1.I. The highest BCUT2D eigenvalue weighted by atomic mass is 127. The first-order chi connectivity index (χ1) is 13.2. The molecular weight excluding hydrogens is 483 g/mol. The van der Waals surface area contributed by atoms with Gasteiger partial charge in [0, 0.05) is 24.9 Å². The zero-order valence-corrected chi connectivity index (χ0v) is 20.5. The van der Waals surface area contributed by atoms with Crippen molar-refractivity contribution in [2.45, 2.75) is 49.4 Å². The zero-order chi connectivity index (χ0) is 19.1. The van der Waals surface area contributed by atoms with Crippen LogP contribution in [0.1, 0.15) is 43.7 Å². The van der Waals surface area contributed by atoms with Crippen LogP contribution in [-0.4, -0.2) is 62.2 Å². The van der Waals surface area contributed by atoms with Crippen LogP contribution >= 0.6 is 35.7 Å². The fourth-order valence-electron chi connectivity index (χ4n) is 4.23. The van der Waals surface area contributed by atoms with Gasteiger partial charge in [-0.1, -0.05) is 12.1 Å². The minimum Gasteiger partial charge on any atom is -0.497 e. The number of methoxy groups -OCH3 is 1. The van der Waals surface area contributed by atoms with Crippen LogP contribution in [0, 0.1) is 0 Å². The van der Waals surface area contributed by atoms with Crippen molar-refractivity contribution < 1.29 is 4.74 Å². The summed E-state index contributed by atoms with van der Waals surface area (Å²) in [6.45, 7) is 3.17. The molecule has 1 saturated heterocycles. The van der Waals surface area contributed by atoms with E-state index in [1.807, 2.05) is 24.9 Å². The number of ether oxygens (including phenoxy) is 1. The van der Waals surface area contributed by atoms with Crippen molar-refractivity contribution in [3.05, 3.63) is 29.8 Å². The maximum Gasteiger partial charge on any atom is 0.191 e. The molecule has 0 radical (unpaired) electrons. The molecule has 3 unspecified atom stereocenters. The summed E-state index contributed by atoms with van der Waals surface area (Å²) in [6, 6.07) is 9.36. The van der Waals surface area contributed by atoms with E-state index in [9.17, 15) is 0 Å². The van der Waals surface area contributed by atoms with E-state index in [-0.39, 0.29) is 24.0 Å². The second-order valence-corrected chi connectivity index (χ2v) is 8.64. The number of rotatable bonds is 7. The van der Waals surface area contributed by atoms with Gasteiger partial charge in [0.2, 0.25) is 0 Å². The Morgan fingerprint density at radius 2 is 2.11 bits per heavy atom. The third-order valence-corrected chi connectivity index (χ3v) is 6.90. The second-order valence-electron chi connectivity index (χ2n) is 7.50. The number of hydrogen-bond donors (Lipinski definition) is 2. The topological polar surface area (TPSA) is 48.9 Å². The number of thioether (sulfide) groups is 1. The minimum atomic E-state index is 0. The average molecular weight is 519 g/mol. The van der Waals surface area contributed by atoms with Gasteiger partial charge in [0.15, 0.2) is 5.96 Å². The molecule has 1 aliphatic carbocycles. The van der Waals surface area contributed by atoms with Crippen LogP contribution < -0.4 is 15.4 Å². The number of halogens is 1. The second kappa shape index (κ2) is 12.1. The van der Waals surface area contributed by atoms with Gasteiger partial charge in [0.25, 0.3) is 0 Å². The number of benzene rings is 1. The van der Waals surface area contributed by atoms with E-state index in [1.165, 1.54) is 37.7 Å². The lowest BCUT2D eigenvalue weighted by Crippen LogP contribution is -2.45. The number of nitrogens with zero attached hydrogens (tertiary/aromatic N) is 2. The van der Waals surface area contributed by atoms with Crippen molar-refractivity contribution in [2.75, 3.05) is 40.0 Å². The number of likely N-dealkylation sites (tertiary alicyclic amines) is 1. The van der Waals surface area contributed by atoms with E-state index >= 15 is 0 Å². The fourth-order valence-corrected chi connectivity index (χ4v) is 5.02. The third-order valence-electron chi connectivity index (χ3n) is 5.81. The molecule has 0 bridgehead atoms. The number of hydrogen-bond acceptors (Lipinski definition) is 4. The Morgan fingerprint density at radius 1 is 1.32 bits per heavy atom. The number of guanidine groups is 1. The molecule has 2 N–H and O–H groups in total. The molecule has 2 aliphatic rings. The molecule has 0 amide bonds. The van der Waals surface area contributed by atoms with Crippen molar-refractivity contribution in [2.24, 2.45) is 4.99 Å². The van der Waals surface area contributed by atoms with Crippen molar-refractivity contribution in [1.82, 2.24) is 15.5 Å². The minimum absolute atomic E-state index is 0. The zero-order valence-electron chi connectivity index (χ0n) is 17.3. The molecule has 0 aromatic heterocycles. The van der Waals surface area contributed by atoms with Gasteiger partial charge < -0.3 is 15.4 Å². The van der Waals surface area contributed by atoms with E-state index in [2.05, 4.69) is 45.0 Å². The first kappa shape index (κ1) is 23.6. The predicted molar refractivity (Wildman–Crippen MR) is 131 cm³/mol. The molecule has 7 heteroatoms. The van der Waals surface area contributed by atoms with E-state index in [1.54, 1.807) is 7.11 Å². The van der Waals surface area contributed by atoms with Crippen LogP contribution in [0.25, 0.3) is 0 Å². The Hall–Kier alpha value is -0.670. The Bertz CT molecular complexity index is 624. The van der Waals surface area contributed by atoms with Gasteiger partial charge >= 0.3 is 0 Å². The summed E-state index contributed by atoms with van der Waals surface area (Å²) in [5, 5.41) is 8.01. The highest BCUT2D eigenvalue weighted by Gasteiger charge is 2.26. The highest BCUT2D eigenvalue weighted by molar-refractivity contribution is 14.0. The van der Waals surface area contributed by atoms with Gasteiger partial charge in [-0.2, -0.15) is 11.8 Å². The summed E-state index contributed by atoms with van der Waals surface area (Å²) < 4.78 is 5.45. The lowest BCUT2D eigenvalue weighted by atomic mass is 10.1. The van der Waals surface area contributed by atoms with Crippen LogP contribution in [0.15, 0.2) is 29.3 Å². The predicted octanol–water partition coefficient (Wildman–Crippen LogP) is 3.90. The van der Waals surface area contributed by atoms with Crippen LogP contribution in [-0.2, 0) is 0 Å². The number of nitrogens with one attached hydrogen (secondary N) is 2. The molecule has 2 fully saturated rings. The van der Waals surface area contributed by atoms with Crippen molar-refractivity contribution in [3.8, 4) is 5.75 Å². The molecule has 158 valence electrons. The molecule has 1 aromatic rings. The van der Waals surface area contributed by atoms with Crippen molar-refractivity contribution in [1.29, 1.82) is 0 Å². The van der Waals surface area contributed by atoms with E-state index in [4.69, 9.17) is 4.74 Å². The fraction of sp³-hybridized carbons (Fsp3) is 0.667. The summed E-state index contributed by atoms with van der Waals surface area (Å²) in [4.78, 5) is 7.05. The maximum absolute atomic E-state index is 5.45. The molecule has 1 aromatic carbocycles. The average Bonchev–Trinajstić information content (AvgIpc) is 3.39. The summed E-state index contributed by atoms with van der Waals surface area (Å²) in [7, 11) is 3.60. The van der Waals surface area contributed by atoms with Crippen LogP contribution in [0.3, 0.4) is 0 Å². The molecule has 0 spiro atoms. The molecule has 3 rings (SSSR count). The van der Waals surface area contributed by atoms with Gasteiger partial charge in [-0.05, 0) is 69.1 Å². The van der Waals surface area contributed by atoms with E-state index in [0.29, 0.717) is 12.1 Å². The first-order valence-corrected chi connectivity index (χ1v) is 11.4. The van der Waals surface area contributed by atoms with Crippen molar-refractivity contribution >= 4 is 41.7 Å². The molecular formula is C21H35IN4OS. The molecule has 5 nitrogen and oxygen atoms in total. The lowest BCUT2D eigenvalue weighted by Gasteiger charge is -2.29. The third kappa shape index (κ3) is 6.42. The monoisotopic (exact) mass is 518 g/mol. The number of aliphatic imine (C=N–C) groups is 1. The molecule has 28 heavy (non-hydrogen) atoms. The smallest absolute Gasteiger partial charge is 0.191 e. The maximum atomic E-state index is 5.45. The first-order valence-electron chi connectivity index (χ1n) is 10.1. The normalized spacial score (nSPS) is 23.9. The highest BCUT2D eigenvalue weighted by Crippen LogP contribution is 2.29. The van der Waals surface area contributed by atoms with E-state index in [0.717, 1.165) is 36.6 Å². The van der Waals surface area contributed by atoms with Crippen LogP contribution in [0.5, 0.6) is 5.75 Å². The summed E-state index contributed by atoms with van der Waals surface area (Å²) in [5.74, 6) is 1.85. The van der Waals surface area contributed by atoms with E-state index < -0.39 is 0 Å². The molecule has 1 saturated carbocycles. The Labute approximate surface area is 191 Å². The lowest BCUT2D eigenvalue weighted by molar-refractivity contribution is 0.244. The Morgan fingerprint density at radius 3 is 2.75 bits per heavy atom. The van der Waals surface area contributed by atoms with Gasteiger partial charge in [0.05, 0.1) is 13.2 Å². The van der Waals surface area contributed by atoms with Crippen molar-refractivity contribution in [3.63, 3.8) is 0 Å². The summed E-state index contributed by atoms with van der Waals surface area (Å²) >= 11 is 1.99. The summed E-state index contributed by atoms with van der Waals surface area (Å²) in [5.41, 5.74) is 1.31. The molecule has 3 atom stereocenters. The molecule has 1 heterocycles. The summed E-state index contributed by atoms with van der Waals surface area (Å²) in [6.07, 6.45) is 8.55. The Balaban J connectivity index is 0.00000280. The van der Waals surface area contributed by atoms with Crippen LogP contribution in [0.2, 0.25) is 0 Å². The quantitative estimate of drug-likeness (QED) is 0.326.